The van der Waals surface area contributed by atoms with Crippen molar-refractivity contribution in [2.45, 2.75) is 11.8 Å². The van der Waals surface area contributed by atoms with E-state index in [2.05, 4.69) is 0 Å². The summed E-state index contributed by atoms with van der Waals surface area (Å²) >= 11 is 0. The summed E-state index contributed by atoms with van der Waals surface area (Å²) in [6.07, 6.45) is 0. The Balaban J connectivity index is 2.96. The molecule has 0 N–H and O–H groups in total. The molecule has 0 aromatic heterocycles. The molecule has 0 aliphatic heterocycles. The van der Waals surface area contributed by atoms with Gasteiger partial charge in [-0.3, -0.25) is 9.00 Å². The normalized spacial score (nSPS) is 12.5. The van der Waals surface area contributed by atoms with Crippen molar-refractivity contribution in [1.29, 1.82) is 0 Å². The highest BCUT2D eigenvalue weighted by Crippen LogP contribution is 2.13. The van der Waals surface area contributed by atoms with Crippen LogP contribution in [0.3, 0.4) is 0 Å². The molecule has 0 aliphatic carbocycles. The SMILES string of the molecule is CC(=O)CS(=O)c1ccc(F)cc1F. The van der Waals surface area contributed by atoms with Crippen molar-refractivity contribution in [3.63, 3.8) is 0 Å². The number of carbonyl (C=O) groups is 1. The largest absolute Gasteiger partial charge is 0.299 e. The van der Waals surface area contributed by atoms with Crippen LogP contribution in [0.25, 0.3) is 0 Å². The maximum absolute atomic E-state index is 13.0. The Morgan fingerprint density at radius 1 is 1.43 bits per heavy atom. The second-order valence-corrected chi connectivity index (χ2v) is 4.19. The Morgan fingerprint density at radius 2 is 2.07 bits per heavy atom. The van der Waals surface area contributed by atoms with E-state index in [1.54, 1.807) is 0 Å². The topological polar surface area (TPSA) is 34.1 Å². The van der Waals surface area contributed by atoms with E-state index in [1.807, 2.05) is 0 Å². The van der Waals surface area contributed by atoms with Gasteiger partial charge in [0, 0.05) is 6.07 Å². The maximum atomic E-state index is 13.0. The summed E-state index contributed by atoms with van der Waals surface area (Å²) in [5, 5.41) is 0. The van der Waals surface area contributed by atoms with Gasteiger partial charge in [-0.1, -0.05) is 0 Å². The van der Waals surface area contributed by atoms with Gasteiger partial charge in [-0.25, -0.2) is 8.78 Å². The Bertz CT molecular complexity index is 390. The Morgan fingerprint density at radius 3 is 2.57 bits per heavy atom. The first-order valence-corrected chi connectivity index (χ1v) is 5.15. The van der Waals surface area contributed by atoms with Crippen LogP contribution in [-0.4, -0.2) is 15.7 Å². The highest BCUT2D eigenvalue weighted by atomic mass is 32.2. The Hall–Kier alpha value is -1.10. The molecule has 0 saturated heterocycles. The van der Waals surface area contributed by atoms with Gasteiger partial charge in [-0.2, -0.15) is 0 Å². The molecule has 0 amide bonds. The van der Waals surface area contributed by atoms with Gasteiger partial charge in [0.25, 0.3) is 0 Å². The zero-order valence-electron chi connectivity index (χ0n) is 7.42. The van der Waals surface area contributed by atoms with Gasteiger partial charge in [0.2, 0.25) is 0 Å². The lowest BCUT2D eigenvalue weighted by atomic mass is 10.3. The maximum Gasteiger partial charge on any atom is 0.142 e. The van der Waals surface area contributed by atoms with E-state index in [4.69, 9.17) is 0 Å². The summed E-state index contributed by atoms with van der Waals surface area (Å²) in [4.78, 5) is 10.5. The summed E-state index contributed by atoms with van der Waals surface area (Å²) in [7, 11) is -1.72. The van der Waals surface area contributed by atoms with Crippen LogP contribution in [-0.2, 0) is 15.6 Å². The minimum absolute atomic E-state index is 0.137. The van der Waals surface area contributed by atoms with Crippen LogP contribution in [0.5, 0.6) is 0 Å². The van der Waals surface area contributed by atoms with Crippen molar-refractivity contribution in [1.82, 2.24) is 0 Å². The van der Waals surface area contributed by atoms with Crippen LogP contribution >= 0.6 is 0 Å². The lowest BCUT2D eigenvalue weighted by Crippen LogP contribution is -2.08. The van der Waals surface area contributed by atoms with Gasteiger partial charge in [0.1, 0.15) is 17.4 Å². The smallest absolute Gasteiger partial charge is 0.142 e. The third-order valence-corrected chi connectivity index (χ3v) is 2.96. The number of rotatable bonds is 3. The second kappa shape index (κ2) is 4.41. The van der Waals surface area contributed by atoms with Crippen molar-refractivity contribution in [3.8, 4) is 0 Å². The van der Waals surface area contributed by atoms with E-state index in [9.17, 15) is 17.8 Å². The molecule has 14 heavy (non-hydrogen) atoms. The molecule has 1 aromatic rings. The molecule has 1 aromatic carbocycles. The van der Waals surface area contributed by atoms with Crippen LogP contribution in [0.15, 0.2) is 23.1 Å². The average Bonchev–Trinajstić information content (AvgIpc) is 2.01. The average molecular weight is 218 g/mol. The third kappa shape index (κ3) is 2.70. The highest BCUT2D eigenvalue weighted by molar-refractivity contribution is 7.85. The highest BCUT2D eigenvalue weighted by Gasteiger charge is 2.12. The first kappa shape index (κ1) is 11.0. The lowest BCUT2D eigenvalue weighted by Gasteiger charge is -2.01. The summed E-state index contributed by atoms with van der Waals surface area (Å²) in [5.41, 5.74) is 0. The first-order chi connectivity index (χ1) is 6.50. The van der Waals surface area contributed by atoms with Gasteiger partial charge < -0.3 is 0 Å². The van der Waals surface area contributed by atoms with Gasteiger partial charge in [-0.15, -0.1) is 0 Å². The fraction of sp³-hybridized carbons (Fsp3) is 0.222. The quantitative estimate of drug-likeness (QED) is 0.773. The van der Waals surface area contributed by atoms with Crippen LogP contribution in [0.1, 0.15) is 6.92 Å². The monoisotopic (exact) mass is 218 g/mol. The molecule has 2 nitrogen and oxygen atoms in total. The number of hydrogen-bond acceptors (Lipinski definition) is 2. The van der Waals surface area contributed by atoms with Crippen molar-refractivity contribution >= 4 is 16.6 Å². The van der Waals surface area contributed by atoms with Crippen LogP contribution < -0.4 is 0 Å². The van der Waals surface area contributed by atoms with Crippen molar-refractivity contribution in [2.24, 2.45) is 0 Å². The van der Waals surface area contributed by atoms with Gasteiger partial charge >= 0.3 is 0 Å². The predicted octanol–water partition coefficient (Wildman–Crippen LogP) is 1.66. The Kier molecular flexibility index (Phi) is 3.46. The molecular formula is C9H8F2O2S. The first-order valence-electron chi connectivity index (χ1n) is 3.83. The third-order valence-electron chi connectivity index (χ3n) is 1.47. The van der Waals surface area contributed by atoms with Crippen LogP contribution in [0.4, 0.5) is 8.78 Å². The number of hydrogen-bond donors (Lipinski definition) is 0. The second-order valence-electron chi connectivity index (χ2n) is 2.77. The number of Topliss-reactive ketones (excluding diaryl/α,β-unsaturated/α-hetero) is 1. The van der Waals surface area contributed by atoms with Crippen molar-refractivity contribution < 1.29 is 17.8 Å². The van der Waals surface area contributed by atoms with E-state index < -0.39 is 22.4 Å². The fourth-order valence-corrected chi connectivity index (χ4v) is 1.94. The zero-order chi connectivity index (χ0) is 10.7. The minimum Gasteiger partial charge on any atom is -0.299 e. The van der Waals surface area contributed by atoms with E-state index in [-0.39, 0.29) is 16.4 Å². The molecule has 1 atom stereocenters. The van der Waals surface area contributed by atoms with Crippen LogP contribution in [0.2, 0.25) is 0 Å². The lowest BCUT2D eigenvalue weighted by molar-refractivity contribution is -0.114. The van der Waals surface area contributed by atoms with Gasteiger partial charge in [-0.05, 0) is 19.1 Å². The molecule has 0 aliphatic rings. The minimum atomic E-state index is -1.72. The number of halogens is 2. The summed E-state index contributed by atoms with van der Waals surface area (Å²) in [6, 6.07) is 2.74. The molecule has 0 fully saturated rings. The van der Waals surface area contributed by atoms with Crippen molar-refractivity contribution in [2.75, 3.05) is 5.75 Å². The number of benzene rings is 1. The van der Waals surface area contributed by atoms with Gasteiger partial charge in [0.05, 0.1) is 21.4 Å². The summed E-state index contributed by atoms with van der Waals surface area (Å²) in [5.74, 6) is -2.16. The van der Waals surface area contributed by atoms with E-state index in [1.165, 1.54) is 6.92 Å². The molecular weight excluding hydrogens is 210 g/mol. The molecule has 0 radical (unpaired) electrons. The van der Waals surface area contributed by atoms with Crippen molar-refractivity contribution in [3.05, 3.63) is 29.8 Å². The molecule has 76 valence electrons. The standard InChI is InChI=1S/C9H8F2O2S/c1-6(12)5-14(13)9-3-2-7(10)4-8(9)11/h2-4H,5H2,1H3. The Labute approximate surface area is 82.4 Å². The zero-order valence-corrected chi connectivity index (χ0v) is 8.24. The molecule has 0 spiro atoms. The predicted molar refractivity (Wildman–Crippen MR) is 48.3 cm³/mol. The van der Waals surface area contributed by atoms with E-state index in [0.717, 1.165) is 12.1 Å². The molecule has 0 heterocycles. The summed E-state index contributed by atoms with van der Waals surface area (Å²) in [6.45, 7) is 1.26. The molecule has 0 saturated carbocycles. The van der Waals surface area contributed by atoms with E-state index >= 15 is 0 Å². The van der Waals surface area contributed by atoms with Crippen LogP contribution in [0, 0.1) is 11.6 Å². The van der Waals surface area contributed by atoms with E-state index in [0.29, 0.717) is 6.07 Å². The molecule has 1 unspecified atom stereocenters. The number of ketones is 1. The summed E-state index contributed by atoms with van der Waals surface area (Å²) < 4.78 is 36.8. The fourth-order valence-electron chi connectivity index (χ4n) is 0.922. The van der Waals surface area contributed by atoms with Gasteiger partial charge in [0.15, 0.2) is 0 Å². The molecule has 5 heteroatoms. The molecule has 0 bridgehead atoms. The number of carbonyl (C=O) groups excluding carboxylic acids is 1. The molecule has 1 rings (SSSR count).